The molecule has 0 radical (unpaired) electrons. The van der Waals surface area contributed by atoms with E-state index in [-0.39, 0.29) is 18.5 Å². The van der Waals surface area contributed by atoms with Gasteiger partial charge < -0.3 is 36.7 Å². The molecule has 0 spiro atoms. The molecule has 2 aromatic rings. The number of hydrogen-bond donors (Lipinski definition) is 5. The lowest BCUT2D eigenvalue weighted by Crippen LogP contribution is -2.33. The minimum atomic E-state index is -0.364. The van der Waals surface area contributed by atoms with Crippen LogP contribution < -0.4 is 22.1 Å². The molecule has 2 aliphatic rings. The Kier molecular flexibility index (Phi) is 19.2. The van der Waals surface area contributed by atoms with Gasteiger partial charge in [-0.25, -0.2) is 14.5 Å². The highest BCUT2D eigenvalue weighted by Crippen LogP contribution is 2.29. The summed E-state index contributed by atoms with van der Waals surface area (Å²) in [6.45, 7) is 20.6. The summed E-state index contributed by atoms with van der Waals surface area (Å²) in [7, 11) is 0. The molecule has 2 aliphatic carbocycles. The molecule has 0 atom stereocenters. The number of benzene rings is 2. The van der Waals surface area contributed by atoms with Gasteiger partial charge in [0.05, 0.1) is 26.4 Å². The molecule has 11 heteroatoms. The predicted molar refractivity (Wildman–Crippen MR) is 196 cm³/mol. The Morgan fingerprint density at radius 2 is 1.31 bits per heavy atom. The summed E-state index contributed by atoms with van der Waals surface area (Å²) in [6.07, 6.45) is 12.3. The predicted octanol–water partition coefficient (Wildman–Crippen LogP) is 6.91. The molecule has 4 rings (SSSR count). The number of hydrogen-bond acceptors (Lipinski definition) is 9. The number of aryl methyl sites for hydroxylation is 1. The van der Waals surface area contributed by atoms with Crippen molar-refractivity contribution in [2.45, 2.75) is 109 Å². The number of anilines is 2. The summed E-state index contributed by atoms with van der Waals surface area (Å²) in [5, 5.41) is 14.6. The third-order valence-electron chi connectivity index (χ3n) is 8.24. The van der Waals surface area contributed by atoms with Crippen LogP contribution in [0.5, 0.6) is 0 Å². The third kappa shape index (κ3) is 15.6. The van der Waals surface area contributed by atoms with E-state index >= 15 is 0 Å². The van der Waals surface area contributed by atoms with Crippen molar-refractivity contribution >= 4 is 40.8 Å². The van der Waals surface area contributed by atoms with Crippen molar-refractivity contribution in [3.8, 4) is 0 Å². The lowest BCUT2D eigenvalue weighted by atomic mass is 9.91. The quantitative estimate of drug-likeness (QED) is 0.0971. The van der Waals surface area contributed by atoms with Gasteiger partial charge in [-0.3, -0.25) is 4.79 Å². The first-order chi connectivity index (χ1) is 23.6. The number of nitrogens with two attached hydrogens (primary N) is 2. The second-order valence-electron chi connectivity index (χ2n) is 12.1. The van der Waals surface area contributed by atoms with Crippen LogP contribution in [0.1, 0.15) is 89.7 Å². The first kappa shape index (κ1) is 40.8. The minimum absolute atomic E-state index is 0.184. The van der Waals surface area contributed by atoms with Crippen LogP contribution in [0.4, 0.5) is 22.7 Å². The summed E-state index contributed by atoms with van der Waals surface area (Å²) in [5.41, 5.74) is 16.9. The maximum Gasteiger partial charge on any atom is 0.330 e. The van der Waals surface area contributed by atoms with E-state index in [4.69, 9.17) is 39.2 Å². The molecule has 2 fully saturated rings. The van der Waals surface area contributed by atoms with Crippen LogP contribution in [0.2, 0.25) is 0 Å². The van der Waals surface area contributed by atoms with Crippen molar-refractivity contribution in [1.29, 1.82) is 0 Å². The molecule has 7 N–H and O–H groups in total. The highest BCUT2D eigenvalue weighted by atomic mass is 16.5. The molecule has 0 bridgehead atoms. The molecule has 266 valence electrons. The average Bonchev–Trinajstić information content (AvgIpc) is 3.10. The number of rotatable bonds is 11. The molecule has 49 heavy (non-hydrogen) atoms. The smallest absolute Gasteiger partial charge is 0.330 e. The standard InChI is InChI=1S/C18H25N3O2.C18H23N3O2.C2H6O/c2*1-3-23-18(22)11-5-13-4-8-16(20-2)12-17(13)21-15-9-6-14(19)7-10-15;1-2-3/h4,8,12,14-15,21H,3,5-7,9-11,19H2,1H3;4-5,8,11-12,14-15,21H,3,6-7,9-10,19H2,1H3;3H,2H2,1H3/b;11-5+;. The zero-order chi connectivity index (χ0) is 36.0. The fourth-order valence-corrected chi connectivity index (χ4v) is 5.66. The van der Waals surface area contributed by atoms with Crippen molar-refractivity contribution in [1.82, 2.24) is 0 Å². The van der Waals surface area contributed by atoms with Gasteiger partial charge in [-0.1, -0.05) is 24.3 Å². The van der Waals surface area contributed by atoms with Crippen molar-refractivity contribution in [3.63, 3.8) is 0 Å². The Morgan fingerprint density at radius 3 is 1.82 bits per heavy atom. The summed E-state index contributed by atoms with van der Waals surface area (Å²) in [5.74, 6) is -0.548. The molecule has 0 heterocycles. The molecular formula is C38H54N6O5. The van der Waals surface area contributed by atoms with Crippen LogP contribution in [0.15, 0.2) is 42.5 Å². The Bertz CT molecular complexity index is 1420. The van der Waals surface area contributed by atoms with Gasteiger partial charge in [0.2, 0.25) is 0 Å². The van der Waals surface area contributed by atoms with Gasteiger partial charge in [-0.2, -0.15) is 0 Å². The average molecular weight is 675 g/mol. The highest BCUT2D eigenvalue weighted by Gasteiger charge is 2.20. The van der Waals surface area contributed by atoms with Gasteiger partial charge in [0.1, 0.15) is 0 Å². The SMILES string of the molecule is CCO.[C-]#[N+]c1ccc(/C=C/C(=O)OCC)c(NC2CCC(N)CC2)c1.[C-]#[N+]c1ccc(CCC(=O)OCC)c(NC2CCC(N)CC2)c1. The van der Waals surface area contributed by atoms with Crippen LogP contribution >= 0.6 is 0 Å². The Balaban J connectivity index is 0.000000315. The lowest BCUT2D eigenvalue weighted by Gasteiger charge is -2.28. The number of nitrogens with one attached hydrogen (secondary N) is 2. The fraction of sp³-hybridized carbons (Fsp3) is 0.526. The summed E-state index contributed by atoms with van der Waals surface area (Å²) >= 11 is 0. The third-order valence-corrected chi connectivity index (χ3v) is 8.24. The largest absolute Gasteiger partial charge is 0.466 e. The number of ether oxygens (including phenoxy) is 2. The van der Waals surface area contributed by atoms with E-state index in [1.54, 1.807) is 32.1 Å². The van der Waals surface area contributed by atoms with Crippen LogP contribution in [0.3, 0.4) is 0 Å². The molecule has 0 unspecified atom stereocenters. The van der Waals surface area contributed by atoms with Gasteiger partial charge in [-0.05, 0) is 108 Å². The second-order valence-corrected chi connectivity index (χ2v) is 12.1. The van der Waals surface area contributed by atoms with E-state index in [9.17, 15) is 9.59 Å². The maximum absolute atomic E-state index is 11.6. The van der Waals surface area contributed by atoms with Gasteiger partial charge in [0, 0.05) is 54.6 Å². The van der Waals surface area contributed by atoms with Gasteiger partial charge >= 0.3 is 11.9 Å². The zero-order valence-corrected chi connectivity index (χ0v) is 29.2. The molecule has 0 amide bonds. The van der Waals surface area contributed by atoms with E-state index < -0.39 is 0 Å². The van der Waals surface area contributed by atoms with Crippen LogP contribution in [0, 0.1) is 13.1 Å². The van der Waals surface area contributed by atoms with Crippen LogP contribution in [0.25, 0.3) is 15.8 Å². The van der Waals surface area contributed by atoms with Crippen molar-refractivity contribution in [2.24, 2.45) is 11.5 Å². The molecule has 2 aromatic carbocycles. The molecule has 11 nitrogen and oxygen atoms in total. The molecule has 0 aromatic heterocycles. The number of aliphatic hydroxyl groups is 1. The van der Waals surface area contributed by atoms with Crippen molar-refractivity contribution < 1.29 is 24.2 Å². The van der Waals surface area contributed by atoms with Crippen LogP contribution in [-0.4, -0.2) is 61.0 Å². The first-order valence-electron chi connectivity index (χ1n) is 17.3. The molecule has 0 saturated heterocycles. The maximum atomic E-state index is 11.6. The Labute approximate surface area is 292 Å². The number of carbonyl (C=O) groups is 2. The normalized spacial score (nSPS) is 19.8. The van der Waals surface area contributed by atoms with Gasteiger partial charge in [0.15, 0.2) is 11.4 Å². The van der Waals surface area contributed by atoms with Crippen molar-refractivity contribution in [3.05, 3.63) is 76.4 Å². The number of esters is 2. The van der Waals surface area contributed by atoms with Gasteiger partial charge in [-0.15, -0.1) is 0 Å². The fourth-order valence-electron chi connectivity index (χ4n) is 5.66. The number of aliphatic hydroxyl groups excluding tert-OH is 1. The van der Waals surface area contributed by atoms with E-state index in [2.05, 4.69) is 20.3 Å². The monoisotopic (exact) mass is 674 g/mol. The van der Waals surface area contributed by atoms with E-state index in [0.29, 0.717) is 61.6 Å². The summed E-state index contributed by atoms with van der Waals surface area (Å²) in [4.78, 5) is 30.0. The van der Waals surface area contributed by atoms with Gasteiger partial charge in [0.25, 0.3) is 0 Å². The van der Waals surface area contributed by atoms with Crippen molar-refractivity contribution in [2.75, 3.05) is 30.5 Å². The Hall–Kier alpha value is -4.42. The van der Waals surface area contributed by atoms with E-state index in [0.717, 1.165) is 73.9 Å². The zero-order valence-electron chi connectivity index (χ0n) is 29.2. The second kappa shape index (κ2) is 23.0. The first-order valence-corrected chi connectivity index (χ1v) is 17.3. The molecule has 2 saturated carbocycles. The topological polar surface area (TPSA) is 158 Å². The Morgan fingerprint density at radius 1 is 0.816 bits per heavy atom. The number of carbonyl (C=O) groups excluding carboxylic acids is 2. The minimum Gasteiger partial charge on any atom is -0.466 e. The molecular weight excluding hydrogens is 620 g/mol. The summed E-state index contributed by atoms with van der Waals surface area (Å²) < 4.78 is 9.89. The highest BCUT2D eigenvalue weighted by molar-refractivity contribution is 5.88. The lowest BCUT2D eigenvalue weighted by molar-refractivity contribution is -0.143. The molecule has 0 aliphatic heterocycles. The number of nitrogens with zero attached hydrogens (tertiary/aromatic N) is 2. The van der Waals surface area contributed by atoms with E-state index in [1.807, 2.05) is 31.2 Å². The summed E-state index contributed by atoms with van der Waals surface area (Å²) in [6, 6.07) is 12.4. The van der Waals surface area contributed by atoms with E-state index in [1.165, 1.54) is 6.08 Å². The van der Waals surface area contributed by atoms with Crippen LogP contribution in [-0.2, 0) is 25.5 Å².